The van der Waals surface area contributed by atoms with Crippen LogP contribution in [0.3, 0.4) is 0 Å². The minimum atomic E-state index is -0.786. The third-order valence-electron chi connectivity index (χ3n) is 8.59. The predicted octanol–water partition coefficient (Wildman–Crippen LogP) is 8.85. The van der Waals surface area contributed by atoms with Crippen LogP contribution in [0.2, 0.25) is 0 Å². The molecule has 0 heterocycles. The van der Waals surface area contributed by atoms with E-state index in [9.17, 15) is 20.4 Å². The molecule has 0 saturated heterocycles. The number of aliphatic hydroxyl groups excluding tert-OH is 2. The summed E-state index contributed by atoms with van der Waals surface area (Å²) in [6, 6.07) is 32.9. The zero-order valence-corrected chi connectivity index (χ0v) is 28.3. The van der Waals surface area contributed by atoms with E-state index in [1.165, 1.54) is 22.3 Å². The second kappa shape index (κ2) is 16.3. The van der Waals surface area contributed by atoms with Gasteiger partial charge in [-0.3, -0.25) is 0 Å². The van der Waals surface area contributed by atoms with Crippen molar-refractivity contribution < 1.29 is 20.4 Å². The summed E-state index contributed by atoms with van der Waals surface area (Å²) in [6.07, 6.45) is 3.66. The summed E-state index contributed by atoms with van der Waals surface area (Å²) in [6.45, 7) is 13.4. The molecule has 0 aromatic heterocycles. The van der Waals surface area contributed by atoms with E-state index in [1.807, 2.05) is 62.4 Å². The van der Waals surface area contributed by atoms with E-state index in [-0.39, 0.29) is 12.2 Å². The van der Waals surface area contributed by atoms with Crippen LogP contribution in [0.4, 0.5) is 0 Å². The Morgan fingerprint density at radius 2 is 0.800 bits per heavy atom. The molecule has 242 valence electrons. The molecule has 0 bridgehead atoms. The molecular weight excluding hydrogens is 556 g/mol. The maximum absolute atomic E-state index is 9.96. The van der Waals surface area contributed by atoms with Crippen molar-refractivity contribution in [1.82, 2.24) is 0 Å². The van der Waals surface area contributed by atoms with Gasteiger partial charge < -0.3 is 20.4 Å². The van der Waals surface area contributed by atoms with Crippen LogP contribution in [-0.4, -0.2) is 20.4 Å². The van der Waals surface area contributed by atoms with E-state index >= 15 is 0 Å². The highest BCUT2D eigenvalue weighted by Crippen LogP contribution is 2.25. The van der Waals surface area contributed by atoms with Gasteiger partial charge in [-0.1, -0.05) is 118 Å². The van der Waals surface area contributed by atoms with Crippen molar-refractivity contribution in [2.75, 3.05) is 0 Å². The van der Waals surface area contributed by atoms with Crippen LogP contribution in [0.1, 0.15) is 124 Å². The summed E-state index contributed by atoms with van der Waals surface area (Å²) in [5.41, 5.74) is 7.37. The summed E-state index contributed by atoms with van der Waals surface area (Å²) in [5, 5.41) is 39.6. The standard InChI is InChI=1S/C21H28O2.C20H26O2/c1-4-20(22)18-8-6-16(7-9-18)14-15(3)17-10-12-19(13-11-17)21(23)5-2;1-19(2,21)17-11-7-15(8-12-17)5-6-16-9-13-18(14-10-16)20(3,4)22/h6-13,15,20-23H,4-5,14H2,1-3H3;7-14,21-22H,5-6H2,1-4H3. The number of rotatable bonds is 12. The highest BCUT2D eigenvalue weighted by atomic mass is 16.3. The van der Waals surface area contributed by atoms with Crippen LogP contribution >= 0.6 is 0 Å². The van der Waals surface area contributed by atoms with Gasteiger partial charge >= 0.3 is 0 Å². The van der Waals surface area contributed by atoms with Crippen molar-refractivity contribution in [3.63, 3.8) is 0 Å². The molecule has 4 heteroatoms. The smallest absolute Gasteiger partial charge is 0.0840 e. The topological polar surface area (TPSA) is 80.9 Å². The highest BCUT2D eigenvalue weighted by Gasteiger charge is 2.16. The summed E-state index contributed by atoms with van der Waals surface area (Å²) in [7, 11) is 0. The Hall–Kier alpha value is -3.28. The predicted molar refractivity (Wildman–Crippen MR) is 186 cm³/mol. The molecule has 45 heavy (non-hydrogen) atoms. The van der Waals surface area contributed by atoms with Gasteiger partial charge in [0, 0.05) is 0 Å². The fourth-order valence-electron chi connectivity index (χ4n) is 5.31. The number of aliphatic hydroxyl groups is 4. The zero-order chi connectivity index (χ0) is 33.2. The Morgan fingerprint density at radius 1 is 0.489 bits per heavy atom. The lowest BCUT2D eigenvalue weighted by Crippen LogP contribution is -2.15. The second-order valence-electron chi connectivity index (χ2n) is 13.4. The monoisotopic (exact) mass is 610 g/mol. The minimum Gasteiger partial charge on any atom is -0.388 e. The van der Waals surface area contributed by atoms with Crippen molar-refractivity contribution in [1.29, 1.82) is 0 Å². The van der Waals surface area contributed by atoms with Crippen LogP contribution < -0.4 is 0 Å². The van der Waals surface area contributed by atoms with E-state index in [2.05, 4.69) is 55.5 Å². The number of hydrogen-bond acceptors (Lipinski definition) is 4. The van der Waals surface area contributed by atoms with Crippen molar-refractivity contribution in [2.24, 2.45) is 0 Å². The molecule has 4 N–H and O–H groups in total. The largest absolute Gasteiger partial charge is 0.388 e. The Morgan fingerprint density at radius 3 is 1.13 bits per heavy atom. The molecule has 4 rings (SSSR count). The van der Waals surface area contributed by atoms with Gasteiger partial charge in [0.05, 0.1) is 23.4 Å². The van der Waals surface area contributed by atoms with Crippen molar-refractivity contribution in [3.8, 4) is 0 Å². The maximum Gasteiger partial charge on any atom is 0.0840 e. The molecule has 0 aliphatic carbocycles. The highest BCUT2D eigenvalue weighted by molar-refractivity contribution is 5.31. The van der Waals surface area contributed by atoms with Gasteiger partial charge in [-0.2, -0.15) is 0 Å². The summed E-state index contributed by atoms with van der Waals surface area (Å²) in [4.78, 5) is 0. The number of hydrogen-bond donors (Lipinski definition) is 4. The van der Waals surface area contributed by atoms with Crippen LogP contribution in [-0.2, 0) is 30.5 Å². The van der Waals surface area contributed by atoms with Gasteiger partial charge in [0.25, 0.3) is 0 Å². The Labute approximate surface area is 271 Å². The molecule has 0 fully saturated rings. The summed E-state index contributed by atoms with van der Waals surface area (Å²) in [5.74, 6) is 0.421. The Bertz CT molecular complexity index is 1350. The van der Waals surface area contributed by atoms with Crippen molar-refractivity contribution >= 4 is 0 Å². The van der Waals surface area contributed by atoms with Gasteiger partial charge in [-0.25, -0.2) is 0 Å². The molecule has 0 radical (unpaired) electrons. The normalized spacial score (nSPS) is 13.8. The van der Waals surface area contributed by atoms with Crippen LogP contribution in [0.15, 0.2) is 97.1 Å². The molecule has 0 aliphatic heterocycles. The van der Waals surface area contributed by atoms with Gasteiger partial charge in [0.15, 0.2) is 0 Å². The number of aryl methyl sites for hydroxylation is 2. The molecule has 4 nitrogen and oxygen atoms in total. The molecule has 0 saturated carbocycles. The molecule has 0 aliphatic rings. The third kappa shape index (κ3) is 11.2. The lowest BCUT2D eigenvalue weighted by molar-refractivity contribution is 0.0780. The van der Waals surface area contributed by atoms with Gasteiger partial charge in [0.2, 0.25) is 0 Å². The van der Waals surface area contributed by atoms with E-state index in [1.54, 1.807) is 27.7 Å². The van der Waals surface area contributed by atoms with Crippen LogP contribution in [0, 0.1) is 0 Å². The summed E-state index contributed by atoms with van der Waals surface area (Å²) < 4.78 is 0. The molecule has 4 aromatic carbocycles. The third-order valence-corrected chi connectivity index (χ3v) is 8.59. The fourth-order valence-corrected chi connectivity index (χ4v) is 5.31. The average Bonchev–Trinajstić information content (AvgIpc) is 3.03. The molecule has 0 spiro atoms. The van der Waals surface area contributed by atoms with E-state index in [0.717, 1.165) is 54.4 Å². The molecule has 3 atom stereocenters. The minimum absolute atomic E-state index is 0.362. The Kier molecular flexibility index (Phi) is 13.1. The van der Waals surface area contributed by atoms with E-state index in [4.69, 9.17) is 0 Å². The molecule has 0 amide bonds. The summed E-state index contributed by atoms with van der Waals surface area (Å²) >= 11 is 0. The van der Waals surface area contributed by atoms with E-state index < -0.39 is 11.2 Å². The maximum atomic E-state index is 9.96. The lowest BCUT2D eigenvalue weighted by Gasteiger charge is -2.18. The van der Waals surface area contributed by atoms with Gasteiger partial charge in [-0.05, 0) is 110 Å². The van der Waals surface area contributed by atoms with Crippen LogP contribution in [0.25, 0.3) is 0 Å². The van der Waals surface area contributed by atoms with Crippen LogP contribution in [0.5, 0.6) is 0 Å². The van der Waals surface area contributed by atoms with Crippen molar-refractivity contribution in [3.05, 3.63) is 142 Å². The first-order valence-corrected chi connectivity index (χ1v) is 16.4. The first-order chi connectivity index (χ1) is 21.2. The molecule has 3 unspecified atom stereocenters. The SMILES string of the molecule is CC(C)(O)c1ccc(CCc2ccc(C(C)(C)O)cc2)cc1.CCC(O)c1ccc(CC(C)c2ccc(C(O)CC)cc2)cc1. The van der Waals surface area contributed by atoms with E-state index in [0.29, 0.717) is 5.92 Å². The van der Waals surface area contributed by atoms with Gasteiger partial charge in [-0.15, -0.1) is 0 Å². The quantitative estimate of drug-likeness (QED) is 0.129. The molecule has 4 aromatic rings. The fraction of sp³-hybridized carbons (Fsp3) is 0.415. The van der Waals surface area contributed by atoms with Gasteiger partial charge in [0.1, 0.15) is 0 Å². The number of benzene rings is 4. The average molecular weight is 611 g/mol. The van der Waals surface area contributed by atoms with Crippen molar-refractivity contribution in [2.45, 2.75) is 110 Å². The second-order valence-corrected chi connectivity index (χ2v) is 13.4. The first kappa shape index (κ1) is 36.2. The first-order valence-electron chi connectivity index (χ1n) is 16.4. The zero-order valence-electron chi connectivity index (χ0n) is 28.3. The molecular formula is C41H54O4. The lowest BCUT2D eigenvalue weighted by atomic mass is 9.91. The Balaban J connectivity index is 0.000000246.